The number of ether oxygens (including phenoxy) is 2. The highest BCUT2D eigenvalue weighted by Gasteiger charge is 2.45. The number of carbonyl (C=O) groups is 2. The minimum atomic E-state index is -1.46. The number of para-hydroxylation sites is 1. The van der Waals surface area contributed by atoms with Gasteiger partial charge < -0.3 is 20.1 Å². The van der Waals surface area contributed by atoms with E-state index in [-0.39, 0.29) is 19.4 Å². The van der Waals surface area contributed by atoms with Gasteiger partial charge in [0, 0.05) is 22.8 Å². The molecule has 0 aromatic heterocycles. The second-order valence-electron chi connectivity index (χ2n) is 6.90. The van der Waals surface area contributed by atoms with E-state index in [2.05, 4.69) is 10.6 Å². The van der Waals surface area contributed by atoms with Crippen molar-refractivity contribution in [1.82, 2.24) is 5.32 Å². The van der Waals surface area contributed by atoms with Crippen LogP contribution in [0.2, 0.25) is 5.02 Å². The van der Waals surface area contributed by atoms with Gasteiger partial charge in [0.05, 0.1) is 19.4 Å². The van der Waals surface area contributed by atoms with E-state index in [0.717, 1.165) is 16.8 Å². The van der Waals surface area contributed by atoms with Crippen LogP contribution in [0.1, 0.15) is 29.5 Å². The molecule has 2 heterocycles. The number of carbonyl (C=O) groups excluding carboxylic acids is 2. The van der Waals surface area contributed by atoms with Gasteiger partial charge in [-0.3, -0.25) is 9.59 Å². The Kier molecular flexibility index (Phi) is 5.24. The van der Waals surface area contributed by atoms with Gasteiger partial charge in [-0.25, -0.2) is 0 Å². The molecule has 2 aliphatic heterocycles. The molecule has 0 saturated carbocycles. The Morgan fingerprint density at radius 3 is 2.43 bits per heavy atom. The molecular weight excluding hydrogens is 380 g/mol. The average molecular weight is 401 g/mol. The molecular formula is C21H21ClN2O4. The van der Waals surface area contributed by atoms with Crippen LogP contribution in [0.5, 0.6) is 0 Å². The summed E-state index contributed by atoms with van der Waals surface area (Å²) in [5.74, 6) is -2.35. The lowest BCUT2D eigenvalue weighted by Gasteiger charge is -2.32. The molecule has 2 aromatic rings. The maximum atomic E-state index is 12.2. The summed E-state index contributed by atoms with van der Waals surface area (Å²) in [6.07, 6.45) is 0.719. The van der Waals surface area contributed by atoms with E-state index >= 15 is 0 Å². The number of halogens is 1. The maximum Gasteiger partial charge on any atom is 0.309 e. The average Bonchev–Trinajstić information content (AvgIpc) is 2.95. The second kappa shape index (κ2) is 7.81. The van der Waals surface area contributed by atoms with Gasteiger partial charge in [-0.15, -0.1) is 0 Å². The Hall–Kier alpha value is -2.57. The van der Waals surface area contributed by atoms with Crippen LogP contribution < -0.4 is 10.6 Å². The molecule has 0 unspecified atom stereocenters. The summed E-state index contributed by atoms with van der Waals surface area (Å²) >= 11 is 6.52. The normalized spacial score (nSPS) is 18.5. The van der Waals surface area contributed by atoms with Crippen molar-refractivity contribution in [2.24, 2.45) is 0 Å². The van der Waals surface area contributed by atoms with E-state index in [1.165, 1.54) is 0 Å². The van der Waals surface area contributed by atoms with Crippen LogP contribution in [0.4, 0.5) is 5.69 Å². The predicted octanol–water partition coefficient (Wildman–Crippen LogP) is 3.13. The van der Waals surface area contributed by atoms with Crippen LogP contribution in [0.25, 0.3) is 0 Å². The SMILES string of the molecule is O=C1CCC(=O)OC2(CNCCc3c2ccc(Cl)c3CNc2ccccc2)O1. The van der Waals surface area contributed by atoms with Gasteiger partial charge in [-0.05, 0) is 48.4 Å². The zero-order valence-corrected chi connectivity index (χ0v) is 16.1. The zero-order chi connectivity index (χ0) is 19.6. The van der Waals surface area contributed by atoms with Gasteiger partial charge >= 0.3 is 11.9 Å². The lowest BCUT2D eigenvalue weighted by Crippen LogP contribution is -2.43. The topological polar surface area (TPSA) is 76.7 Å². The van der Waals surface area contributed by atoms with Crippen molar-refractivity contribution in [2.45, 2.75) is 31.6 Å². The van der Waals surface area contributed by atoms with Crippen molar-refractivity contribution in [2.75, 3.05) is 18.4 Å². The van der Waals surface area contributed by atoms with E-state index in [9.17, 15) is 9.59 Å². The van der Waals surface area contributed by atoms with Crippen molar-refractivity contribution >= 4 is 29.2 Å². The number of anilines is 1. The molecule has 2 aromatic carbocycles. The summed E-state index contributed by atoms with van der Waals surface area (Å²) < 4.78 is 11.3. The summed E-state index contributed by atoms with van der Waals surface area (Å²) in [5.41, 5.74) is 3.49. The van der Waals surface area contributed by atoms with Crippen molar-refractivity contribution in [3.63, 3.8) is 0 Å². The molecule has 0 aliphatic carbocycles. The highest BCUT2D eigenvalue weighted by molar-refractivity contribution is 6.31. The molecule has 7 heteroatoms. The van der Waals surface area contributed by atoms with Gasteiger partial charge in [0.1, 0.15) is 0 Å². The molecule has 0 bridgehead atoms. The fourth-order valence-corrected chi connectivity index (χ4v) is 3.93. The third kappa shape index (κ3) is 3.70. The van der Waals surface area contributed by atoms with Gasteiger partial charge in [-0.1, -0.05) is 29.8 Å². The summed E-state index contributed by atoms with van der Waals surface area (Å²) in [5, 5.41) is 7.22. The van der Waals surface area contributed by atoms with E-state index in [1.807, 2.05) is 30.3 Å². The Bertz CT molecular complexity index is 883. The maximum absolute atomic E-state index is 12.2. The number of hydrogen-bond acceptors (Lipinski definition) is 6. The smallest absolute Gasteiger partial charge is 0.309 e. The highest BCUT2D eigenvalue weighted by Crippen LogP contribution is 2.38. The van der Waals surface area contributed by atoms with Crippen LogP contribution in [0, 0.1) is 0 Å². The van der Waals surface area contributed by atoms with Crippen molar-refractivity contribution in [3.05, 3.63) is 64.2 Å². The second-order valence-corrected chi connectivity index (χ2v) is 7.31. The van der Waals surface area contributed by atoms with E-state index in [4.69, 9.17) is 21.1 Å². The molecule has 0 radical (unpaired) electrons. The Morgan fingerprint density at radius 2 is 1.71 bits per heavy atom. The molecule has 28 heavy (non-hydrogen) atoms. The van der Waals surface area contributed by atoms with Gasteiger partial charge in [0.15, 0.2) is 0 Å². The van der Waals surface area contributed by atoms with Crippen LogP contribution in [-0.2, 0) is 37.8 Å². The van der Waals surface area contributed by atoms with Crippen molar-refractivity contribution in [1.29, 1.82) is 0 Å². The van der Waals surface area contributed by atoms with Crippen LogP contribution in [-0.4, -0.2) is 25.0 Å². The Balaban J connectivity index is 1.74. The van der Waals surface area contributed by atoms with E-state index in [0.29, 0.717) is 30.1 Å². The summed E-state index contributed by atoms with van der Waals surface area (Å²) in [6.45, 7) is 1.37. The van der Waals surface area contributed by atoms with Crippen LogP contribution in [0.3, 0.4) is 0 Å². The molecule has 4 rings (SSSR count). The minimum absolute atomic E-state index is 0.0198. The first-order valence-electron chi connectivity index (χ1n) is 9.31. The lowest BCUT2D eigenvalue weighted by atomic mass is 9.93. The molecule has 0 atom stereocenters. The summed E-state index contributed by atoms with van der Waals surface area (Å²) in [7, 11) is 0. The molecule has 1 saturated heterocycles. The van der Waals surface area contributed by atoms with Gasteiger partial charge in [-0.2, -0.15) is 0 Å². The molecule has 0 amide bonds. The first-order chi connectivity index (χ1) is 13.6. The predicted molar refractivity (Wildman–Crippen MR) is 105 cm³/mol. The number of hydrogen-bond donors (Lipinski definition) is 2. The largest absolute Gasteiger partial charge is 0.416 e. The van der Waals surface area contributed by atoms with Gasteiger partial charge in [0.2, 0.25) is 0 Å². The Labute approximate surface area is 168 Å². The van der Waals surface area contributed by atoms with Crippen LogP contribution in [0.15, 0.2) is 42.5 Å². The minimum Gasteiger partial charge on any atom is -0.416 e. The zero-order valence-electron chi connectivity index (χ0n) is 15.3. The van der Waals surface area contributed by atoms with Crippen molar-refractivity contribution in [3.8, 4) is 0 Å². The molecule has 1 spiro atoms. The lowest BCUT2D eigenvalue weighted by molar-refractivity contribution is -0.225. The Morgan fingerprint density at radius 1 is 1.00 bits per heavy atom. The monoisotopic (exact) mass is 400 g/mol. The molecule has 1 fully saturated rings. The fraction of sp³-hybridized carbons (Fsp3) is 0.333. The van der Waals surface area contributed by atoms with Crippen LogP contribution >= 0.6 is 11.6 Å². The molecule has 146 valence electrons. The van der Waals surface area contributed by atoms with E-state index < -0.39 is 17.7 Å². The first kappa shape index (κ1) is 18.8. The highest BCUT2D eigenvalue weighted by atomic mass is 35.5. The molecule has 6 nitrogen and oxygen atoms in total. The molecule has 2 aliphatic rings. The third-order valence-electron chi connectivity index (χ3n) is 5.03. The van der Waals surface area contributed by atoms with E-state index in [1.54, 1.807) is 12.1 Å². The summed E-state index contributed by atoms with van der Waals surface area (Å²) in [6, 6.07) is 13.4. The van der Waals surface area contributed by atoms with Gasteiger partial charge in [0.25, 0.3) is 5.79 Å². The van der Waals surface area contributed by atoms with Crippen molar-refractivity contribution < 1.29 is 19.1 Å². The first-order valence-corrected chi connectivity index (χ1v) is 9.69. The fourth-order valence-electron chi connectivity index (χ4n) is 3.68. The number of fused-ring (bicyclic) bond motifs is 2. The number of rotatable bonds is 3. The number of esters is 2. The molecule has 2 N–H and O–H groups in total. The standard InChI is InChI=1S/C21H21ClN2O4/c22-18-7-6-17-15(16(18)12-24-14-4-2-1-3-5-14)10-11-23-13-21(17)27-19(25)8-9-20(26)28-21/h1-7,23-24H,8-13H2. The quantitative estimate of drug-likeness (QED) is 0.771. The number of nitrogens with one attached hydrogen (secondary N) is 2. The third-order valence-corrected chi connectivity index (χ3v) is 5.38. The summed E-state index contributed by atoms with van der Waals surface area (Å²) in [4.78, 5) is 24.3. The number of benzene rings is 2.